The molecule has 1 saturated heterocycles. The molecule has 0 aromatic rings. The van der Waals surface area contributed by atoms with Crippen LogP contribution in [-0.4, -0.2) is 37.0 Å². The number of rotatable bonds is 2. The molecule has 1 heterocycles. The van der Waals surface area contributed by atoms with Crippen LogP contribution in [0.2, 0.25) is 0 Å². The number of amides is 1. The summed E-state index contributed by atoms with van der Waals surface area (Å²) in [5.41, 5.74) is 0. The van der Waals surface area contributed by atoms with Crippen molar-refractivity contribution in [2.24, 2.45) is 5.92 Å². The fourth-order valence-corrected chi connectivity index (χ4v) is 2.86. The van der Waals surface area contributed by atoms with Crippen LogP contribution in [0.3, 0.4) is 0 Å². The number of hydrogen-bond acceptors (Lipinski definition) is 2. The summed E-state index contributed by atoms with van der Waals surface area (Å²) in [6, 6.07) is 0. The third-order valence-electron chi connectivity index (χ3n) is 3.91. The Morgan fingerprint density at radius 2 is 1.65 bits per heavy atom. The summed E-state index contributed by atoms with van der Waals surface area (Å²) in [7, 11) is 0. The second-order valence-corrected chi connectivity index (χ2v) is 5.19. The summed E-state index contributed by atoms with van der Waals surface area (Å²) in [5.74, 6) is 1.07. The molecule has 0 unspecified atom stereocenters. The van der Waals surface area contributed by atoms with Crippen LogP contribution < -0.4 is 5.32 Å². The number of nitrogens with zero attached hydrogens (tertiary/aromatic N) is 1. The highest BCUT2D eigenvalue weighted by Crippen LogP contribution is 2.25. The first-order valence-electron chi connectivity index (χ1n) is 6.85. The van der Waals surface area contributed by atoms with E-state index in [1.807, 2.05) is 4.90 Å². The van der Waals surface area contributed by atoms with Gasteiger partial charge in [0.15, 0.2) is 0 Å². The molecule has 3 nitrogen and oxygen atoms in total. The first kappa shape index (κ1) is 14.8. The Morgan fingerprint density at radius 3 is 2.24 bits per heavy atom. The van der Waals surface area contributed by atoms with Gasteiger partial charge in [-0.15, -0.1) is 12.4 Å². The Balaban J connectivity index is 0.00000144. The quantitative estimate of drug-likeness (QED) is 0.772. The summed E-state index contributed by atoms with van der Waals surface area (Å²) in [6.07, 6.45) is 8.77. The third-order valence-corrected chi connectivity index (χ3v) is 3.91. The van der Waals surface area contributed by atoms with Crippen LogP contribution in [0.4, 0.5) is 0 Å². The van der Waals surface area contributed by atoms with E-state index in [9.17, 15) is 4.79 Å². The molecule has 0 aromatic heterocycles. The lowest BCUT2D eigenvalue weighted by Crippen LogP contribution is -2.46. The van der Waals surface area contributed by atoms with E-state index in [1.54, 1.807) is 0 Å². The summed E-state index contributed by atoms with van der Waals surface area (Å²) >= 11 is 0. The van der Waals surface area contributed by atoms with Crippen molar-refractivity contribution >= 4 is 18.3 Å². The topological polar surface area (TPSA) is 32.3 Å². The SMILES string of the molecule is Cl.O=C(CC1CCCCCC1)N1CCNCC1. The first-order chi connectivity index (χ1) is 7.86. The number of carbonyl (C=O) groups is 1. The highest BCUT2D eigenvalue weighted by atomic mass is 35.5. The van der Waals surface area contributed by atoms with Crippen molar-refractivity contribution in [1.29, 1.82) is 0 Å². The molecule has 2 rings (SSSR count). The highest BCUT2D eigenvalue weighted by Gasteiger charge is 2.21. The molecule has 1 N–H and O–H groups in total. The van der Waals surface area contributed by atoms with E-state index in [2.05, 4.69) is 5.32 Å². The number of hydrogen-bond donors (Lipinski definition) is 1. The van der Waals surface area contributed by atoms with Gasteiger partial charge in [-0.2, -0.15) is 0 Å². The van der Waals surface area contributed by atoms with E-state index >= 15 is 0 Å². The van der Waals surface area contributed by atoms with E-state index in [0.717, 1.165) is 32.6 Å². The van der Waals surface area contributed by atoms with Crippen LogP contribution >= 0.6 is 12.4 Å². The zero-order valence-electron chi connectivity index (χ0n) is 10.6. The number of nitrogens with one attached hydrogen (secondary N) is 1. The van der Waals surface area contributed by atoms with Gasteiger partial charge >= 0.3 is 0 Å². The molecular weight excluding hydrogens is 236 g/mol. The van der Waals surface area contributed by atoms with Gasteiger partial charge in [-0.1, -0.05) is 25.7 Å². The number of piperazine rings is 1. The van der Waals surface area contributed by atoms with Crippen molar-refractivity contribution in [1.82, 2.24) is 10.2 Å². The second-order valence-electron chi connectivity index (χ2n) is 5.19. The lowest BCUT2D eigenvalue weighted by atomic mass is 9.96. The first-order valence-corrected chi connectivity index (χ1v) is 6.85. The zero-order valence-corrected chi connectivity index (χ0v) is 11.4. The van der Waals surface area contributed by atoms with Gasteiger partial charge in [0.05, 0.1) is 0 Å². The Morgan fingerprint density at radius 1 is 1.06 bits per heavy atom. The predicted molar refractivity (Wildman–Crippen MR) is 72.5 cm³/mol. The average molecular weight is 261 g/mol. The fourth-order valence-electron chi connectivity index (χ4n) is 2.86. The van der Waals surface area contributed by atoms with Gasteiger partial charge in [0, 0.05) is 32.6 Å². The van der Waals surface area contributed by atoms with Crippen molar-refractivity contribution in [3.8, 4) is 0 Å². The van der Waals surface area contributed by atoms with Crippen LogP contribution in [0.25, 0.3) is 0 Å². The molecule has 100 valence electrons. The van der Waals surface area contributed by atoms with Crippen molar-refractivity contribution in [2.75, 3.05) is 26.2 Å². The largest absolute Gasteiger partial charge is 0.340 e. The molecule has 2 fully saturated rings. The van der Waals surface area contributed by atoms with E-state index < -0.39 is 0 Å². The van der Waals surface area contributed by atoms with Crippen LogP contribution in [0.15, 0.2) is 0 Å². The van der Waals surface area contributed by atoms with Gasteiger partial charge in [0.2, 0.25) is 5.91 Å². The molecule has 0 bridgehead atoms. The van der Waals surface area contributed by atoms with E-state index in [1.165, 1.54) is 38.5 Å². The van der Waals surface area contributed by atoms with Gasteiger partial charge in [-0.05, 0) is 18.8 Å². The monoisotopic (exact) mass is 260 g/mol. The Labute approximate surface area is 111 Å². The fraction of sp³-hybridized carbons (Fsp3) is 0.923. The summed E-state index contributed by atoms with van der Waals surface area (Å²) < 4.78 is 0. The molecule has 0 spiro atoms. The molecule has 1 aliphatic heterocycles. The van der Waals surface area contributed by atoms with Crippen LogP contribution in [0.5, 0.6) is 0 Å². The molecule has 17 heavy (non-hydrogen) atoms. The van der Waals surface area contributed by atoms with E-state index in [-0.39, 0.29) is 12.4 Å². The summed E-state index contributed by atoms with van der Waals surface area (Å²) in [6.45, 7) is 3.75. The minimum atomic E-state index is 0. The minimum absolute atomic E-state index is 0. The average Bonchev–Trinajstić information content (AvgIpc) is 2.59. The molecule has 2 aliphatic rings. The molecule has 1 amide bonds. The smallest absolute Gasteiger partial charge is 0.222 e. The van der Waals surface area contributed by atoms with Gasteiger partial charge < -0.3 is 10.2 Å². The molecule has 0 atom stereocenters. The highest BCUT2D eigenvalue weighted by molar-refractivity contribution is 5.85. The lowest BCUT2D eigenvalue weighted by Gasteiger charge is -2.28. The van der Waals surface area contributed by atoms with Crippen molar-refractivity contribution in [3.63, 3.8) is 0 Å². The zero-order chi connectivity index (χ0) is 11.2. The maximum Gasteiger partial charge on any atom is 0.222 e. The van der Waals surface area contributed by atoms with Crippen LogP contribution in [0.1, 0.15) is 44.9 Å². The van der Waals surface area contributed by atoms with E-state index in [4.69, 9.17) is 0 Å². The number of carbonyl (C=O) groups excluding carboxylic acids is 1. The third kappa shape index (κ3) is 4.84. The Kier molecular flexibility index (Phi) is 6.90. The number of halogens is 1. The van der Waals surface area contributed by atoms with Gasteiger partial charge in [0.25, 0.3) is 0 Å². The van der Waals surface area contributed by atoms with Crippen LogP contribution in [0, 0.1) is 5.92 Å². The molecule has 0 radical (unpaired) electrons. The van der Waals surface area contributed by atoms with Crippen molar-refractivity contribution in [3.05, 3.63) is 0 Å². The van der Waals surface area contributed by atoms with Crippen molar-refractivity contribution in [2.45, 2.75) is 44.9 Å². The molecule has 4 heteroatoms. The van der Waals surface area contributed by atoms with Gasteiger partial charge in [-0.25, -0.2) is 0 Å². The van der Waals surface area contributed by atoms with Gasteiger partial charge in [0.1, 0.15) is 0 Å². The molecular formula is C13H25ClN2O. The van der Waals surface area contributed by atoms with E-state index in [0.29, 0.717) is 11.8 Å². The summed E-state index contributed by atoms with van der Waals surface area (Å²) in [4.78, 5) is 14.1. The maximum absolute atomic E-state index is 12.1. The normalized spacial score (nSPS) is 22.7. The Hall–Kier alpha value is -0.280. The standard InChI is InChI=1S/C13H24N2O.ClH/c16-13(15-9-7-14-8-10-15)11-12-5-3-1-2-4-6-12;/h12,14H,1-11H2;1H. The molecule has 1 aliphatic carbocycles. The molecule has 1 saturated carbocycles. The van der Waals surface area contributed by atoms with Gasteiger partial charge in [-0.3, -0.25) is 4.79 Å². The molecule has 0 aromatic carbocycles. The summed E-state index contributed by atoms with van der Waals surface area (Å²) in [5, 5.41) is 3.29. The maximum atomic E-state index is 12.1. The minimum Gasteiger partial charge on any atom is -0.340 e. The Bertz CT molecular complexity index is 221. The lowest BCUT2D eigenvalue weighted by molar-refractivity contribution is -0.132. The van der Waals surface area contributed by atoms with Crippen LogP contribution in [-0.2, 0) is 4.79 Å². The predicted octanol–water partition coefficient (Wildman–Crippen LogP) is 2.20. The second kappa shape index (κ2) is 7.93. The van der Waals surface area contributed by atoms with Crippen molar-refractivity contribution < 1.29 is 4.79 Å².